The average Bonchev–Trinajstić information content (AvgIpc) is 1.83. The largest absolute Gasteiger partial charge is 0.207 e. The molecule has 0 aliphatic heterocycles. The molecule has 0 radical (unpaired) electrons. The molecule has 0 amide bonds. The van der Waals surface area contributed by atoms with Gasteiger partial charge in [-0.2, -0.15) is 0 Å². The summed E-state index contributed by atoms with van der Waals surface area (Å²) >= 11 is 2.11. The first-order chi connectivity index (χ1) is 4.22. The topological polar surface area (TPSA) is 0 Å². The fourth-order valence-corrected chi connectivity index (χ4v) is 1.05. The summed E-state index contributed by atoms with van der Waals surface area (Å²) in [6.45, 7) is 1.77. The lowest BCUT2D eigenvalue weighted by Crippen LogP contribution is -1.83. The summed E-state index contributed by atoms with van der Waals surface area (Å²) in [7, 11) is 0. The van der Waals surface area contributed by atoms with Crippen molar-refractivity contribution in [2.75, 3.05) is 0 Å². The smallest absolute Gasteiger partial charge is 0.127 e. The first kappa shape index (κ1) is 6.99. The molecule has 0 saturated heterocycles. The molecule has 9 heavy (non-hydrogen) atoms. The SMILES string of the molecule is Cc1c(F)cccc1I. The zero-order chi connectivity index (χ0) is 6.85. The fourth-order valence-electron chi connectivity index (χ4n) is 0.581. The van der Waals surface area contributed by atoms with Crippen molar-refractivity contribution in [2.24, 2.45) is 0 Å². The molecule has 0 bridgehead atoms. The van der Waals surface area contributed by atoms with E-state index >= 15 is 0 Å². The Kier molecular flexibility index (Phi) is 2.05. The summed E-state index contributed by atoms with van der Waals surface area (Å²) in [5.74, 6) is -0.123. The summed E-state index contributed by atoms with van der Waals surface area (Å²) < 4.78 is 13.6. The van der Waals surface area contributed by atoms with Gasteiger partial charge in [0.1, 0.15) is 5.82 Å². The Labute approximate surface area is 67.2 Å². The molecule has 0 fully saturated rings. The van der Waals surface area contributed by atoms with Crippen LogP contribution in [-0.4, -0.2) is 0 Å². The van der Waals surface area contributed by atoms with Crippen molar-refractivity contribution >= 4 is 22.6 Å². The molecule has 1 aromatic rings. The van der Waals surface area contributed by atoms with Gasteiger partial charge < -0.3 is 0 Å². The molecule has 2 heteroatoms. The molecule has 0 heterocycles. The molecule has 0 N–H and O–H groups in total. The van der Waals surface area contributed by atoms with Crippen molar-refractivity contribution in [3.63, 3.8) is 0 Å². The molecule has 48 valence electrons. The van der Waals surface area contributed by atoms with Crippen LogP contribution < -0.4 is 0 Å². The van der Waals surface area contributed by atoms with Crippen LogP contribution in [-0.2, 0) is 0 Å². The standard InChI is InChI=1S/C7H6FI/c1-5-6(8)3-2-4-7(5)9/h2-4H,1H3. The Hall–Kier alpha value is -0.120. The third-order valence-electron chi connectivity index (χ3n) is 1.20. The van der Waals surface area contributed by atoms with Crippen molar-refractivity contribution in [1.29, 1.82) is 0 Å². The quantitative estimate of drug-likeness (QED) is 0.607. The number of hydrogen-bond acceptors (Lipinski definition) is 0. The van der Waals surface area contributed by atoms with Gasteiger partial charge in [-0.15, -0.1) is 0 Å². The van der Waals surface area contributed by atoms with Crippen LogP contribution in [0.4, 0.5) is 4.39 Å². The average molecular weight is 236 g/mol. The highest BCUT2D eigenvalue weighted by atomic mass is 127. The summed E-state index contributed by atoms with van der Waals surface area (Å²) in [5, 5.41) is 0. The molecule has 0 atom stereocenters. The zero-order valence-electron chi connectivity index (χ0n) is 4.99. The third-order valence-corrected chi connectivity index (χ3v) is 2.37. The van der Waals surface area contributed by atoms with E-state index < -0.39 is 0 Å². The number of rotatable bonds is 0. The van der Waals surface area contributed by atoms with Crippen molar-refractivity contribution < 1.29 is 4.39 Å². The summed E-state index contributed by atoms with van der Waals surface area (Å²) in [6, 6.07) is 5.07. The molecule has 0 spiro atoms. The normalized spacial score (nSPS) is 9.67. The summed E-state index contributed by atoms with van der Waals surface area (Å²) in [4.78, 5) is 0. The van der Waals surface area contributed by atoms with E-state index in [9.17, 15) is 4.39 Å². The number of halogens is 2. The van der Waals surface area contributed by atoms with Crippen molar-refractivity contribution in [1.82, 2.24) is 0 Å². The first-order valence-corrected chi connectivity index (χ1v) is 3.70. The molecule has 0 unspecified atom stereocenters. The minimum absolute atomic E-state index is 0.123. The highest BCUT2D eigenvalue weighted by molar-refractivity contribution is 14.1. The van der Waals surface area contributed by atoms with E-state index in [0.717, 1.165) is 9.13 Å². The molecule has 0 aliphatic rings. The van der Waals surface area contributed by atoms with Crippen LogP contribution in [0.5, 0.6) is 0 Å². The zero-order valence-corrected chi connectivity index (χ0v) is 7.15. The van der Waals surface area contributed by atoms with Crippen molar-refractivity contribution in [3.05, 3.63) is 33.1 Å². The molecular weight excluding hydrogens is 230 g/mol. The molecule has 1 rings (SSSR count). The van der Waals surface area contributed by atoms with E-state index in [2.05, 4.69) is 22.6 Å². The number of hydrogen-bond donors (Lipinski definition) is 0. The maximum atomic E-state index is 12.6. The van der Waals surface area contributed by atoms with Crippen LogP contribution in [0, 0.1) is 16.3 Å². The summed E-state index contributed by atoms with van der Waals surface area (Å²) in [5.41, 5.74) is 0.734. The maximum absolute atomic E-state index is 12.6. The van der Waals surface area contributed by atoms with Crippen LogP contribution in [0.1, 0.15) is 5.56 Å². The number of benzene rings is 1. The van der Waals surface area contributed by atoms with Gasteiger partial charge in [0.2, 0.25) is 0 Å². The minimum Gasteiger partial charge on any atom is -0.207 e. The Morgan fingerprint density at radius 3 is 2.56 bits per heavy atom. The van der Waals surface area contributed by atoms with E-state index in [-0.39, 0.29) is 5.82 Å². The maximum Gasteiger partial charge on any atom is 0.127 e. The van der Waals surface area contributed by atoms with Crippen LogP contribution in [0.3, 0.4) is 0 Å². The first-order valence-electron chi connectivity index (χ1n) is 2.62. The fraction of sp³-hybridized carbons (Fsp3) is 0.143. The Morgan fingerprint density at radius 2 is 2.11 bits per heavy atom. The second-order valence-corrected chi connectivity index (χ2v) is 3.01. The van der Waals surface area contributed by atoms with Gasteiger partial charge in [0, 0.05) is 3.57 Å². The molecule has 0 saturated carbocycles. The van der Waals surface area contributed by atoms with Crippen molar-refractivity contribution in [2.45, 2.75) is 6.92 Å². The molecule has 1 aromatic carbocycles. The lowest BCUT2D eigenvalue weighted by atomic mass is 10.2. The molecule has 0 aliphatic carbocycles. The molecular formula is C7H6FI. The van der Waals surface area contributed by atoms with E-state index in [0.29, 0.717) is 0 Å². The molecule has 0 aromatic heterocycles. The lowest BCUT2D eigenvalue weighted by Gasteiger charge is -1.95. The van der Waals surface area contributed by atoms with Gasteiger partial charge in [0.05, 0.1) is 0 Å². The van der Waals surface area contributed by atoms with E-state index in [1.165, 1.54) is 6.07 Å². The van der Waals surface area contributed by atoms with E-state index in [1.807, 2.05) is 6.07 Å². The highest BCUT2D eigenvalue weighted by Gasteiger charge is 1.97. The van der Waals surface area contributed by atoms with Crippen molar-refractivity contribution in [3.8, 4) is 0 Å². The predicted octanol–water partition coefficient (Wildman–Crippen LogP) is 2.74. The van der Waals surface area contributed by atoms with Gasteiger partial charge in [-0.25, -0.2) is 4.39 Å². The Bertz CT molecular complexity index is 200. The van der Waals surface area contributed by atoms with Gasteiger partial charge >= 0.3 is 0 Å². The van der Waals surface area contributed by atoms with Gasteiger partial charge in [-0.1, -0.05) is 6.07 Å². The molecule has 0 nitrogen and oxygen atoms in total. The van der Waals surface area contributed by atoms with E-state index in [4.69, 9.17) is 0 Å². The second kappa shape index (κ2) is 2.64. The predicted molar refractivity (Wildman–Crippen MR) is 43.9 cm³/mol. The van der Waals surface area contributed by atoms with Crippen LogP contribution in [0.15, 0.2) is 18.2 Å². The Balaban J connectivity index is 3.25. The van der Waals surface area contributed by atoms with Gasteiger partial charge in [-0.05, 0) is 47.2 Å². The second-order valence-electron chi connectivity index (χ2n) is 1.85. The van der Waals surface area contributed by atoms with Gasteiger partial charge in [0.25, 0.3) is 0 Å². The van der Waals surface area contributed by atoms with Crippen LogP contribution in [0.2, 0.25) is 0 Å². The minimum atomic E-state index is -0.123. The van der Waals surface area contributed by atoms with Gasteiger partial charge in [0.15, 0.2) is 0 Å². The van der Waals surface area contributed by atoms with Crippen LogP contribution in [0.25, 0.3) is 0 Å². The van der Waals surface area contributed by atoms with E-state index in [1.54, 1.807) is 13.0 Å². The lowest BCUT2D eigenvalue weighted by molar-refractivity contribution is 0.617. The highest BCUT2D eigenvalue weighted by Crippen LogP contribution is 2.13. The summed E-state index contributed by atoms with van der Waals surface area (Å²) in [6.07, 6.45) is 0. The Morgan fingerprint density at radius 1 is 1.44 bits per heavy atom. The monoisotopic (exact) mass is 236 g/mol. The van der Waals surface area contributed by atoms with Crippen LogP contribution >= 0.6 is 22.6 Å². The van der Waals surface area contributed by atoms with Gasteiger partial charge in [-0.3, -0.25) is 0 Å². The third kappa shape index (κ3) is 1.41.